The average molecular weight is 584 g/mol. The van der Waals surface area contributed by atoms with E-state index in [2.05, 4.69) is 22.8 Å². The van der Waals surface area contributed by atoms with Crippen LogP contribution in [0.2, 0.25) is 0 Å². The van der Waals surface area contributed by atoms with Crippen molar-refractivity contribution in [3.63, 3.8) is 0 Å². The number of benzene rings is 4. The van der Waals surface area contributed by atoms with E-state index in [1.54, 1.807) is 0 Å². The van der Waals surface area contributed by atoms with E-state index in [9.17, 15) is 18.0 Å². The van der Waals surface area contributed by atoms with Crippen molar-refractivity contribution in [1.82, 2.24) is 9.62 Å². The van der Waals surface area contributed by atoms with E-state index < -0.39 is 15.9 Å². The topological polar surface area (TPSA) is 95.6 Å². The molecule has 8 heteroatoms. The fourth-order valence-corrected chi connectivity index (χ4v) is 7.21. The fourth-order valence-electron chi connectivity index (χ4n) is 5.59. The summed E-state index contributed by atoms with van der Waals surface area (Å²) in [6.45, 7) is 4.78. The van der Waals surface area contributed by atoms with Crippen molar-refractivity contribution in [3.05, 3.63) is 107 Å². The number of amides is 2. The van der Waals surface area contributed by atoms with Gasteiger partial charge < -0.3 is 10.6 Å². The molecule has 0 radical (unpaired) electrons. The lowest BCUT2D eigenvalue weighted by Crippen LogP contribution is -2.39. The quantitative estimate of drug-likeness (QED) is 0.233. The molecule has 0 aliphatic heterocycles. The number of nitrogens with one attached hydrogen (secondary N) is 2. The van der Waals surface area contributed by atoms with Crippen molar-refractivity contribution in [2.45, 2.75) is 56.9 Å². The second kappa shape index (κ2) is 12.9. The molecule has 2 amide bonds. The molecule has 0 aromatic heterocycles. The zero-order valence-electron chi connectivity index (χ0n) is 24.1. The molecule has 0 spiro atoms. The molecular formula is C34H37N3O4S. The van der Waals surface area contributed by atoms with Crippen LogP contribution >= 0.6 is 0 Å². The van der Waals surface area contributed by atoms with E-state index in [0.29, 0.717) is 29.9 Å². The highest BCUT2D eigenvalue weighted by atomic mass is 32.2. The van der Waals surface area contributed by atoms with Gasteiger partial charge in [-0.3, -0.25) is 9.59 Å². The summed E-state index contributed by atoms with van der Waals surface area (Å²) in [4.78, 5) is 27.1. The second-order valence-corrected chi connectivity index (χ2v) is 12.7. The van der Waals surface area contributed by atoms with Crippen molar-refractivity contribution in [2.75, 3.05) is 18.4 Å². The Balaban J connectivity index is 1.37. The van der Waals surface area contributed by atoms with Crippen molar-refractivity contribution >= 4 is 38.3 Å². The van der Waals surface area contributed by atoms with Gasteiger partial charge >= 0.3 is 0 Å². The summed E-state index contributed by atoms with van der Waals surface area (Å²) >= 11 is 0. The molecule has 1 aliphatic carbocycles. The van der Waals surface area contributed by atoms with Gasteiger partial charge in [0.2, 0.25) is 10.0 Å². The van der Waals surface area contributed by atoms with Gasteiger partial charge in [-0.15, -0.1) is 0 Å². The van der Waals surface area contributed by atoms with Crippen LogP contribution in [0, 0.1) is 0 Å². The number of fused-ring (bicyclic) bond motifs is 2. The molecule has 0 heterocycles. The lowest BCUT2D eigenvalue weighted by molar-refractivity contribution is 0.0934. The lowest BCUT2D eigenvalue weighted by atomic mass is 9.88. The van der Waals surface area contributed by atoms with E-state index in [1.165, 1.54) is 39.7 Å². The van der Waals surface area contributed by atoms with Gasteiger partial charge in [0.15, 0.2) is 0 Å². The summed E-state index contributed by atoms with van der Waals surface area (Å²) in [6, 6.07) is 25.6. The summed E-state index contributed by atoms with van der Waals surface area (Å²) in [5.74, 6) is -0.664. The number of carbonyl (C=O) groups is 2. The highest BCUT2D eigenvalue weighted by molar-refractivity contribution is 7.89. The second-order valence-electron chi connectivity index (χ2n) is 10.8. The predicted octanol–water partition coefficient (Wildman–Crippen LogP) is 6.19. The number of aryl methyl sites for hydroxylation is 1. The predicted molar refractivity (Wildman–Crippen MR) is 167 cm³/mol. The van der Waals surface area contributed by atoms with Crippen LogP contribution in [0.1, 0.15) is 65.0 Å². The van der Waals surface area contributed by atoms with Gasteiger partial charge in [-0.25, -0.2) is 8.42 Å². The van der Waals surface area contributed by atoms with Crippen LogP contribution in [0.5, 0.6) is 0 Å². The zero-order chi connectivity index (χ0) is 29.7. The van der Waals surface area contributed by atoms with Crippen molar-refractivity contribution in [2.24, 2.45) is 0 Å². The molecular weight excluding hydrogens is 546 g/mol. The number of anilines is 1. The SMILES string of the molecule is CCCN(CCC)S(=O)(=O)c1ccc(C(=O)Nc2cc3ccccc3cc2C(=O)NC2CCc3ccccc3C2)cc1. The Morgan fingerprint density at radius 1 is 0.810 bits per heavy atom. The standard InChI is InChI=1S/C34H37N3O4S/c1-3-19-37(20-4-2)42(40,41)30-17-14-25(15-18-30)33(38)36-32-23-28-12-8-7-11-27(28)22-31(32)34(39)35-29-16-13-24-9-5-6-10-26(24)21-29/h5-12,14-15,17-18,22-23,29H,3-4,13,16,19-21H2,1-2H3,(H,35,39)(H,36,38). The minimum absolute atomic E-state index is 0.00287. The van der Waals surface area contributed by atoms with Crippen LogP contribution in [0.25, 0.3) is 10.8 Å². The number of rotatable bonds is 10. The Morgan fingerprint density at radius 2 is 1.43 bits per heavy atom. The molecule has 0 saturated heterocycles. The zero-order valence-corrected chi connectivity index (χ0v) is 24.9. The van der Waals surface area contributed by atoms with Gasteiger partial charge in [-0.1, -0.05) is 62.4 Å². The first kappa shape index (κ1) is 29.5. The molecule has 1 aliphatic rings. The summed E-state index contributed by atoms with van der Waals surface area (Å²) in [5.41, 5.74) is 3.66. The first-order valence-electron chi connectivity index (χ1n) is 14.6. The van der Waals surface area contributed by atoms with Crippen LogP contribution < -0.4 is 10.6 Å². The minimum atomic E-state index is -3.65. The Bertz CT molecular complexity index is 1690. The third-order valence-corrected chi connectivity index (χ3v) is 9.67. The normalized spacial score (nSPS) is 14.9. The molecule has 42 heavy (non-hydrogen) atoms. The molecule has 1 atom stereocenters. The number of nitrogens with zero attached hydrogens (tertiary/aromatic N) is 1. The summed E-state index contributed by atoms with van der Waals surface area (Å²) in [5, 5.41) is 7.89. The van der Waals surface area contributed by atoms with Crippen LogP contribution in [-0.4, -0.2) is 43.7 Å². The van der Waals surface area contributed by atoms with Crippen LogP contribution in [0.3, 0.4) is 0 Å². The summed E-state index contributed by atoms with van der Waals surface area (Å²) in [7, 11) is -3.65. The van der Waals surface area contributed by atoms with Gasteiger partial charge in [-0.2, -0.15) is 4.31 Å². The van der Waals surface area contributed by atoms with Crippen LogP contribution in [0.4, 0.5) is 5.69 Å². The van der Waals surface area contributed by atoms with Crippen LogP contribution in [-0.2, 0) is 22.9 Å². The van der Waals surface area contributed by atoms with E-state index >= 15 is 0 Å². The van der Waals surface area contributed by atoms with E-state index in [4.69, 9.17) is 0 Å². The van der Waals surface area contributed by atoms with Crippen molar-refractivity contribution < 1.29 is 18.0 Å². The van der Waals surface area contributed by atoms with Gasteiger partial charge in [0.1, 0.15) is 0 Å². The number of carbonyl (C=O) groups excluding carboxylic acids is 2. The van der Waals surface area contributed by atoms with Gasteiger partial charge in [-0.05, 0) is 90.4 Å². The fraction of sp³-hybridized carbons (Fsp3) is 0.294. The van der Waals surface area contributed by atoms with Crippen LogP contribution in [0.15, 0.2) is 89.8 Å². The van der Waals surface area contributed by atoms with E-state index in [1.807, 2.05) is 62.4 Å². The van der Waals surface area contributed by atoms with Crippen molar-refractivity contribution in [1.29, 1.82) is 0 Å². The maximum atomic E-state index is 13.6. The van der Waals surface area contributed by atoms with E-state index in [-0.39, 0.29) is 16.8 Å². The van der Waals surface area contributed by atoms with E-state index in [0.717, 1.165) is 42.9 Å². The molecule has 7 nitrogen and oxygen atoms in total. The van der Waals surface area contributed by atoms with Gasteiger partial charge in [0, 0.05) is 24.7 Å². The van der Waals surface area contributed by atoms with Crippen molar-refractivity contribution in [3.8, 4) is 0 Å². The summed E-state index contributed by atoms with van der Waals surface area (Å²) in [6.07, 6.45) is 3.95. The number of hydrogen-bond donors (Lipinski definition) is 2. The molecule has 5 rings (SSSR count). The molecule has 0 fully saturated rings. The van der Waals surface area contributed by atoms with Gasteiger partial charge in [0.25, 0.3) is 11.8 Å². The third kappa shape index (κ3) is 6.40. The van der Waals surface area contributed by atoms with Gasteiger partial charge in [0.05, 0.1) is 16.1 Å². The average Bonchev–Trinajstić information content (AvgIpc) is 3.00. The Hall–Kier alpha value is -4.01. The molecule has 218 valence electrons. The Labute approximate surface area is 248 Å². The smallest absolute Gasteiger partial charge is 0.255 e. The number of hydrogen-bond acceptors (Lipinski definition) is 4. The highest BCUT2D eigenvalue weighted by Crippen LogP contribution is 2.27. The minimum Gasteiger partial charge on any atom is -0.349 e. The first-order valence-corrected chi connectivity index (χ1v) is 16.1. The maximum Gasteiger partial charge on any atom is 0.255 e. The molecule has 4 aromatic carbocycles. The Morgan fingerprint density at radius 3 is 2.10 bits per heavy atom. The summed E-state index contributed by atoms with van der Waals surface area (Å²) < 4.78 is 27.8. The molecule has 2 N–H and O–H groups in total. The highest BCUT2D eigenvalue weighted by Gasteiger charge is 2.25. The molecule has 0 saturated carbocycles. The molecule has 0 bridgehead atoms. The monoisotopic (exact) mass is 583 g/mol. The lowest BCUT2D eigenvalue weighted by Gasteiger charge is -2.26. The molecule has 1 unspecified atom stereocenters. The maximum absolute atomic E-state index is 13.6. The largest absolute Gasteiger partial charge is 0.349 e. The number of sulfonamides is 1. The third-order valence-electron chi connectivity index (χ3n) is 7.76. The Kier molecular flexibility index (Phi) is 9.04. The molecule has 4 aromatic rings. The first-order chi connectivity index (χ1) is 20.3.